The van der Waals surface area contributed by atoms with Crippen molar-refractivity contribution >= 4 is 0 Å². The lowest BCUT2D eigenvalue weighted by Gasteiger charge is -2.45. The van der Waals surface area contributed by atoms with E-state index in [1.165, 1.54) is 12.8 Å². The van der Waals surface area contributed by atoms with Crippen molar-refractivity contribution < 1.29 is 5.11 Å². The van der Waals surface area contributed by atoms with Gasteiger partial charge in [0.2, 0.25) is 0 Å². The molecule has 0 amide bonds. The molecule has 0 radical (unpaired) electrons. The van der Waals surface area contributed by atoms with Gasteiger partial charge in [0, 0.05) is 17.6 Å². The molecule has 0 aromatic rings. The van der Waals surface area contributed by atoms with Gasteiger partial charge < -0.3 is 15.3 Å². The molecule has 0 aromatic heterocycles. The Hall–Kier alpha value is -0.120. The molecular weight excluding hydrogens is 200 g/mol. The van der Waals surface area contributed by atoms with Crippen LogP contribution in [0.1, 0.15) is 39.5 Å². The summed E-state index contributed by atoms with van der Waals surface area (Å²) in [4.78, 5) is 2.52. The number of hydrogen-bond acceptors (Lipinski definition) is 3. The van der Waals surface area contributed by atoms with Gasteiger partial charge >= 0.3 is 0 Å². The van der Waals surface area contributed by atoms with Gasteiger partial charge in [-0.05, 0) is 45.2 Å². The normalized spacial score (nSPS) is 39.6. The predicted molar refractivity (Wildman–Crippen MR) is 66.5 cm³/mol. The van der Waals surface area contributed by atoms with Gasteiger partial charge in [-0.25, -0.2) is 0 Å². The fourth-order valence-electron chi connectivity index (χ4n) is 3.32. The lowest BCUT2D eigenvalue weighted by atomic mass is 9.83. The van der Waals surface area contributed by atoms with Crippen LogP contribution in [0.4, 0.5) is 0 Å². The van der Waals surface area contributed by atoms with Crippen molar-refractivity contribution in [3.8, 4) is 0 Å². The molecule has 0 aromatic carbocycles. The van der Waals surface area contributed by atoms with E-state index in [2.05, 4.69) is 31.1 Å². The zero-order valence-corrected chi connectivity index (χ0v) is 10.9. The molecule has 16 heavy (non-hydrogen) atoms. The first-order chi connectivity index (χ1) is 7.56. The first-order valence-corrected chi connectivity index (χ1v) is 6.64. The first-order valence-electron chi connectivity index (χ1n) is 6.64. The molecule has 2 N–H and O–H groups in total. The summed E-state index contributed by atoms with van der Waals surface area (Å²) in [6, 6.07) is 1.37. The second kappa shape index (κ2) is 4.63. The second-order valence-corrected chi connectivity index (χ2v) is 6.17. The molecule has 0 spiro atoms. The molecule has 94 valence electrons. The Labute approximate surface area is 99.2 Å². The number of fused-ring (bicyclic) bond motifs is 2. The Balaban J connectivity index is 2.00. The van der Waals surface area contributed by atoms with E-state index in [9.17, 15) is 5.11 Å². The quantitative estimate of drug-likeness (QED) is 0.756. The van der Waals surface area contributed by atoms with Crippen molar-refractivity contribution in [2.24, 2.45) is 5.92 Å². The van der Waals surface area contributed by atoms with E-state index in [-0.39, 0.29) is 5.54 Å². The van der Waals surface area contributed by atoms with E-state index in [4.69, 9.17) is 0 Å². The standard InChI is InChI=1S/C13H26N2O/c1-10(2)8-14-13(9-16)6-11-4-5-12(7-13)15(11)3/h10-12,14,16H,4-9H2,1-3H3. The number of aliphatic hydroxyl groups excluding tert-OH is 1. The molecule has 2 unspecified atom stereocenters. The summed E-state index contributed by atoms with van der Waals surface area (Å²) in [7, 11) is 2.24. The van der Waals surface area contributed by atoms with Crippen LogP contribution in [0, 0.1) is 5.92 Å². The molecule has 3 heteroatoms. The summed E-state index contributed by atoms with van der Waals surface area (Å²) in [5.41, 5.74) is 0.00259. The molecule has 2 rings (SSSR count). The minimum atomic E-state index is 0.00259. The monoisotopic (exact) mass is 226 g/mol. The third-order valence-corrected chi connectivity index (χ3v) is 4.43. The molecule has 2 bridgehead atoms. The minimum absolute atomic E-state index is 0.00259. The van der Waals surface area contributed by atoms with Crippen LogP contribution in [0.15, 0.2) is 0 Å². The maximum atomic E-state index is 9.72. The number of hydrogen-bond donors (Lipinski definition) is 2. The molecule has 3 nitrogen and oxygen atoms in total. The molecule has 2 heterocycles. The van der Waals surface area contributed by atoms with Gasteiger partial charge in [0.15, 0.2) is 0 Å². The van der Waals surface area contributed by atoms with Gasteiger partial charge in [-0.1, -0.05) is 13.8 Å². The first kappa shape index (κ1) is 12.3. The Morgan fingerprint density at radius 3 is 2.31 bits per heavy atom. The topological polar surface area (TPSA) is 35.5 Å². The summed E-state index contributed by atoms with van der Waals surface area (Å²) in [6.45, 7) is 5.76. The number of piperidine rings is 1. The number of nitrogens with zero attached hydrogens (tertiary/aromatic N) is 1. The smallest absolute Gasteiger partial charge is 0.0614 e. The van der Waals surface area contributed by atoms with E-state index in [0.29, 0.717) is 24.6 Å². The van der Waals surface area contributed by atoms with Gasteiger partial charge in [-0.2, -0.15) is 0 Å². The van der Waals surface area contributed by atoms with Gasteiger partial charge in [0.05, 0.1) is 6.61 Å². The zero-order valence-electron chi connectivity index (χ0n) is 10.9. The van der Waals surface area contributed by atoms with Crippen molar-refractivity contribution in [2.45, 2.75) is 57.2 Å². The van der Waals surface area contributed by atoms with E-state index < -0.39 is 0 Å². The molecule has 2 aliphatic rings. The lowest BCUT2D eigenvalue weighted by Crippen LogP contribution is -2.59. The van der Waals surface area contributed by atoms with Crippen LogP contribution in [-0.2, 0) is 0 Å². The predicted octanol–water partition coefficient (Wildman–Crippen LogP) is 1.22. The van der Waals surface area contributed by atoms with Crippen LogP contribution in [0.5, 0.6) is 0 Å². The van der Waals surface area contributed by atoms with E-state index in [1.807, 2.05) is 0 Å². The van der Waals surface area contributed by atoms with Crippen molar-refractivity contribution in [1.82, 2.24) is 10.2 Å². The Morgan fingerprint density at radius 2 is 1.88 bits per heavy atom. The van der Waals surface area contributed by atoms with Crippen molar-refractivity contribution in [3.63, 3.8) is 0 Å². The number of nitrogens with one attached hydrogen (secondary N) is 1. The van der Waals surface area contributed by atoms with Gasteiger partial charge in [-0.15, -0.1) is 0 Å². The molecular formula is C13H26N2O. The molecule has 0 saturated carbocycles. The maximum Gasteiger partial charge on any atom is 0.0614 e. The average Bonchev–Trinajstić information content (AvgIpc) is 2.52. The van der Waals surface area contributed by atoms with Gasteiger partial charge in [-0.3, -0.25) is 0 Å². The van der Waals surface area contributed by atoms with Crippen LogP contribution < -0.4 is 5.32 Å². The third-order valence-electron chi connectivity index (χ3n) is 4.43. The van der Waals surface area contributed by atoms with Gasteiger partial charge in [0.25, 0.3) is 0 Å². The summed E-state index contributed by atoms with van der Waals surface area (Å²) in [6.07, 6.45) is 4.85. The highest BCUT2D eigenvalue weighted by atomic mass is 16.3. The molecule has 2 atom stereocenters. The SMILES string of the molecule is CC(C)CNC1(CO)CC2CCC(C1)N2C. The van der Waals surface area contributed by atoms with Gasteiger partial charge in [0.1, 0.15) is 0 Å². The molecule has 2 fully saturated rings. The summed E-state index contributed by atoms with van der Waals surface area (Å²) in [5.74, 6) is 0.653. The van der Waals surface area contributed by atoms with Crippen LogP contribution >= 0.6 is 0 Å². The minimum Gasteiger partial charge on any atom is -0.394 e. The number of aliphatic hydroxyl groups is 1. The molecule has 2 aliphatic heterocycles. The highest BCUT2D eigenvalue weighted by molar-refractivity contribution is 5.04. The van der Waals surface area contributed by atoms with E-state index in [1.54, 1.807) is 0 Å². The number of rotatable bonds is 4. The zero-order chi connectivity index (χ0) is 11.8. The highest BCUT2D eigenvalue weighted by Crippen LogP contribution is 2.39. The van der Waals surface area contributed by atoms with Crippen molar-refractivity contribution in [1.29, 1.82) is 0 Å². The molecule has 2 saturated heterocycles. The summed E-state index contributed by atoms with van der Waals surface area (Å²) in [5, 5.41) is 13.4. The average molecular weight is 226 g/mol. The van der Waals surface area contributed by atoms with E-state index in [0.717, 1.165) is 19.4 Å². The Morgan fingerprint density at radius 1 is 1.31 bits per heavy atom. The Bertz CT molecular complexity index is 228. The third kappa shape index (κ3) is 2.27. The maximum absolute atomic E-state index is 9.72. The van der Waals surface area contributed by atoms with E-state index >= 15 is 0 Å². The largest absolute Gasteiger partial charge is 0.394 e. The van der Waals surface area contributed by atoms with Crippen LogP contribution in [0.2, 0.25) is 0 Å². The fraction of sp³-hybridized carbons (Fsp3) is 1.00. The highest BCUT2D eigenvalue weighted by Gasteiger charge is 2.46. The van der Waals surface area contributed by atoms with Crippen molar-refractivity contribution in [2.75, 3.05) is 20.2 Å². The summed E-state index contributed by atoms with van der Waals surface area (Å²) >= 11 is 0. The van der Waals surface area contributed by atoms with Crippen LogP contribution in [0.25, 0.3) is 0 Å². The van der Waals surface area contributed by atoms with Crippen LogP contribution in [0.3, 0.4) is 0 Å². The van der Waals surface area contributed by atoms with Crippen molar-refractivity contribution in [3.05, 3.63) is 0 Å². The second-order valence-electron chi connectivity index (χ2n) is 6.17. The molecule has 0 aliphatic carbocycles. The summed E-state index contributed by atoms with van der Waals surface area (Å²) < 4.78 is 0. The fourth-order valence-corrected chi connectivity index (χ4v) is 3.32. The Kier molecular flexibility index (Phi) is 3.57. The van der Waals surface area contributed by atoms with Crippen LogP contribution in [-0.4, -0.2) is 47.8 Å². The lowest BCUT2D eigenvalue weighted by molar-refractivity contribution is 0.0458.